The molecule has 0 aromatic heterocycles. The first-order valence-electron chi connectivity index (χ1n) is 9.31. The van der Waals surface area contributed by atoms with Gasteiger partial charge in [-0.15, -0.1) is 0 Å². The smallest absolute Gasteiger partial charge is 0.390 e. The summed E-state index contributed by atoms with van der Waals surface area (Å²) in [5.41, 5.74) is 3.75. The van der Waals surface area contributed by atoms with Crippen LogP contribution in [0.4, 0.5) is 0 Å². The third kappa shape index (κ3) is 4.09. The number of carboxylic acids is 1. The van der Waals surface area contributed by atoms with E-state index in [1.807, 2.05) is 6.07 Å². The van der Waals surface area contributed by atoms with E-state index in [9.17, 15) is 9.59 Å². The molecule has 0 heterocycles. The van der Waals surface area contributed by atoms with Gasteiger partial charge in [0.05, 0.1) is 5.56 Å². The van der Waals surface area contributed by atoms with Gasteiger partial charge in [0.1, 0.15) is 5.75 Å². The van der Waals surface area contributed by atoms with Crippen molar-refractivity contribution < 1.29 is 19.4 Å². The number of carbonyl (C=O) groups excluding carboxylic acids is 1. The number of ether oxygens (including phenoxy) is 1. The van der Waals surface area contributed by atoms with Crippen LogP contribution in [0.25, 0.3) is 0 Å². The first kappa shape index (κ1) is 19.7. The van der Waals surface area contributed by atoms with Crippen molar-refractivity contribution in [2.75, 3.05) is 0 Å². The molecule has 2 aromatic rings. The van der Waals surface area contributed by atoms with Crippen molar-refractivity contribution in [1.82, 2.24) is 0 Å². The van der Waals surface area contributed by atoms with Gasteiger partial charge in [-0.25, -0.2) is 9.59 Å². The van der Waals surface area contributed by atoms with Crippen molar-refractivity contribution in [1.29, 1.82) is 0 Å². The van der Waals surface area contributed by atoms with E-state index in [1.165, 1.54) is 35.4 Å². The fourth-order valence-electron chi connectivity index (χ4n) is 3.59. The highest BCUT2D eigenvalue weighted by Crippen LogP contribution is 2.45. The van der Waals surface area contributed by atoms with Crippen LogP contribution in [-0.2, 0) is 15.6 Å². The number of carbonyl (C=O) groups is 2. The Bertz CT molecular complexity index is 986. The SMILES string of the molecule is CC1(C)CCC(C)(C)c2cc(C#CC(=O)Oc3ccc(C(=O)O)cc3)ccc21. The van der Waals surface area contributed by atoms with E-state index in [4.69, 9.17) is 9.84 Å². The molecule has 0 radical (unpaired) electrons. The first-order chi connectivity index (χ1) is 13.1. The van der Waals surface area contributed by atoms with Gasteiger partial charge in [-0.1, -0.05) is 39.7 Å². The van der Waals surface area contributed by atoms with Gasteiger partial charge < -0.3 is 9.84 Å². The van der Waals surface area contributed by atoms with Crippen molar-refractivity contribution in [2.45, 2.75) is 51.4 Å². The van der Waals surface area contributed by atoms with Crippen LogP contribution in [0.2, 0.25) is 0 Å². The normalized spacial score (nSPS) is 16.3. The zero-order chi connectivity index (χ0) is 20.5. The predicted octanol–water partition coefficient (Wildman–Crippen LogP) is 4.69. The molecule has 0 atom stereocenters. The molecule has 0 bridgehead atoms. The van der Waals surface area contributed by atoms with Gasteiger partial charge in [-0.3, -0.25) is 0 Å². The number of fused-ring (bicyclic) bond motifs is 1. The average molecular weight is 376 g/mol. The van der Waals surface area contributed by atoms with Gasteiger partial charge in [-0.05, 0) is 71.2 Å². The van der Waals surface area contributed by atoms with E-state index < -0.39 is 11.9 Å². The molecule has 28 heavy (non-hydrogen) atoms. The number of aromatic carboxylic acids is 1. The molecule has 0 spiro atoms. The van der Waals surface area contributed by atoms with E-state index in [2.05, 4.69) is 51.7 Å². The maximum absolute atomic E-state index is 12.0. The number of hydrogen-bond acceptors (Lipinski definition) is 3. The zero-order valence-corrected chi connectivity index (χ0v) is 16.6. The van der Waals surface area contributed by atoms with E-state index in [-0.39, 0.29) is 22.1 Å². The Kier molecular flexibility index (Phi) is 5.04. The van der Waals surface area contributed by atoms with Gasteiger partial charge in [0.2, 0.25) is 0 Å². The molecule has 144 valence electrons. The van der Waals surface area contributed by atoms with Gasteiger partial charge in [0.15, 0.2) is 0 Å². The van der Waals surface area contributed by atoms with E-state index >= 15 is 0 Å². The van der Waals surface area contributed by atoms with Crippen molar-refractivity contribution in [3.63, 3.8) is 0 Å². The molecular formula is C24H24O4. The monoisotopic (exact) mass is 376 g/mol. The average Bonchev–Trinajstić information content (AvgIpc) is 2.64. The molecule has 0 amide bonds. The van der Waals surface area contributed by atoms with E-state index in [0.717, 1.165) is 18.4 Å². The summed E-state index contributed by atoms with van der Waals surface area (Å²) in [7, 11) is 0. The Hall–Kier alpha value is -3.06. The molecule has 0 unspecified atom stereocenters. The molecule has 1 aliphatic rings. The minimum absolute atomic E-state index is 0.0783. The lowest BCUT2D eigenvalue weighted by molar-refractivity contribution is -0.128. The van der Waals surface area contributed by atoms with Gasteiger partial charge in [0.25, 0.3) is 0 Å². The lowest BCUT2D eigenvalue weighted by Crippen LogP contribution is -2.33. The largest absolute Gasteiger partial charge is 0.478 e. The second-order valence-electron chi connectivity index (χ2n) is 8.50. The minimum atomic E-state index is -1.03. The number of carboxylic acid groups (broad SMARTS) is 1. The topological polar surface area (TPSA) is 63.6 Å². The van der Waals surface area contributed by atoms with Crippen molar-refractivity contribution >= 4 is 11.9 Å². The van der Waals surface area contributed by atoms with Crippen LogP contribution in [-0.4, -0.2) is 17.0 Å². The van der Waals surface area contributed by atoms with E-state index in [0.29, 0.717) is 0 Å². The fourth-order valence-corrected chi connectivity index (χ4v) is 3.59. The number of esters is 1. The maximum Gasteiger partial charge on any atom is 0.390 e. The summed E-state index contributed by atoms with van der Waals surface area (Å²) in [6.07, 6.45) is 2.25. The molecule has 2 aromatic carbocycles. The number of benzene rings is 2. The summed E-state index contributed by atoms with van der Waals surface area (Å²) in [5.74, 6) is 3.95. The highest BCUT2D eigenvalue weighted by Gasteiger charge is 2.36. The molecule has 0 aliphatic heterocycles. The summed E-state index contributed by atoms with van der Waals surface area (Å²) < 4.78 is 5.15. The summed E-state index contributed by atoms with van der Waals surface area (Å²) in [6.45, 7) is 9.01. The van der Waals surface area contributed by atoms with Crippen LogP contribution in [0, 0.1) is 11.8 Å². The highest BCUT2D eigenvalue weighted by atomic mass is 16.5. The Labute approximate surface area is 165 Å². The van der Waals surface area contributed by atoms with Crippen molar-refractivity contribution in [3.05, 3.63) is 64.7 Å². The molecule has 3 rings (SSSR count). The van der Waals surface area contributed by atoms with Crippen LogP contribution in [0.15, 0.2) is 42.5 Å². The minimum Gasteiger partial charge on any atom is -0.478 e. The molecule has 0 fully saturated rings. The fraction of sp³-hybridized carbons (Fsp3) is 0.333. The van der Waals surface area contributed by atoms with E-state index in [1.54, 1.807) is 0 Å². The van der Waals surface area contributed by atoms with Crippen LogP contribution in [0.3, 0.4) is 0 Å². The quantitative estimate of drug-likeness (QED) is 0.469. The highest BCUT2D eigenvalue weighted by molar-refractivity contribution is 5.91. The Morgan fingerprint density at radius 2 is 1.54 bits per heavy atom. The molecular weight excluding hydrogens is 352 g/mol. The molecule has 4 heteroatoms. The maximum atomic E-state index is 12.0. The lowest BCUT2D eigenvalue weighted by atomic mass is 9.63. The molecule has 1 aliphatic carbocycles. The first-order valence-corrected chi connectivity index (χ1v) is 9.31. The number of rotatable bonds is 2. The summed E-state index contributed by atoms with van der Waals surface area (Å²) in [6, 6.07) is 11.8. The van der Waals surface area contributed by atoms with Crippen molar-refractivity contribution in [2.24, 2.45) is 0 Å². The number of hydrogen-bond donors (Lipinski definition) is 1. The third-order valence-corrected chi connectivity index (χ3v) is 5.47. The second kappa shape index (κ2) is 7.16. The standard InChI is InChI=1S/C24H24O4/c1-23(2)13-14-24(3,4)20-15-16(5-11-19(20)23)6-12-21(25)28-18-9-7-17(8-10-18)22(26)27/h5,7-11,15H,13-14H2,1-4H3,(H,26,27). The summed E-state index contributed by atoms with van der Waals surface area (Å²) in [5, 5.41) is 8.89. The van der Waals surface area contributed by atoms with Crippen LogP contribution in [0.1, 0.15) is 67.6 Å². The van der Waals surface area contributed by atoms with Gasteiger partial charge in [-0.2, -0.15) is 0 Å². The summed E-state index contributed by atoms with van der Waals surface area (Å²) in [4.78, 5) is 22.9. The van der Waals surface area contributed by atoms with Crippen LogP contribution in [0.5, 0.6) is 5.75 Å². The zero-order valence-electron chi connectivity index (χ0n) is 16.6. The van der Waals surface area contributed by atoms with Crippen LogP contribution >= 0.6 is 0 Å². The van der Waals surface area contributed by atoms with Crippen molar-refractivity contribution in [3.8, 4) is 17.6 Å². The third-order valence-electron chi connectivity index (χ3n) is 5.47. The Morgan fingerprint density at radius 3 is 2.14 bits per heavy atom. The Morgan fingerprint density at radius 1 is 0.929 bits per heavy atom. The van der Waals surface area contributed by atoms with Gasteiger partial charge in [0, 0.05) is 11.5 Å². The molecule has 1 N–H and O–H groups in total. The molecule has 0 saturated heterocycles. The summed E-state index contributed by atoms with van der Waals surface area (Å²) >= 11 is 0. The second-order valence-corrected chi connectivity index (χ2v) is 8.50. The Balaban J connectivity index is 1.79. The predicted molar refractivity (Wildman–Crippen MR) is 108 cm³/mol. The lowest BCUT2D eigenvalue weighted by Gasteiger charge is -2.41. The van der Waals surface area contributed by atoms with Crippen LogP contribution < -0.4 is 4.74 Å². The molecule has 4 nitrogen and oxygen atoms in total. The molecule has 0 saturated carbocycles. The van der Waals surface area contributed by atoms with Gasteiger partial charge >= 0.3 is 11.9 Å².